The van der Waals surface area contributed by atoms with Gasteiger partial charge in [0.2, 0.25) is 0 Å². The minimum absolute atomic E-state index is 0.0311. The highest BCUT2D eigenvalue weighted by Gasteiger charge is 2.14. The van der Waals surface area contributed by atoms with E-state index in [0.717, 1.165) is 25.8 Å². The summed E-state index contributed by atoms with van der Waals surface area (Å²) < 4.78 is 0. The first-order valence-electron chi connectivity index (χ1n) is 4.42. The van der Waals surface area contributed by atoms with Crippen molar-refractivity contribution in [1.82, 2.24) is 5.32 Å². The summed E-state index contributed by atoms with van der Waals surface area (Å²) in [7, 11) is 0. The quantitative estimate of drug-likeness (QED) is 0.462. The Bertz CT molecular complexity index is 146. The van der Waals surface area contributed by atoms with Gasteiger partial charge < -0.3 is 10.4 Å². The molecule has 2 N–H and O–H groups in total. The van der Waals surface area contributed by atoms with Crippen LogP contribution in [-0.2, 0) is 0 Å². The van der Waals surface area contributed by atoms with Crippen LogP contribution in [0.2, 0.25) is 0 Å². The van der Waals surface area contributed by atoms with Crippen LogP contribution in [0.3, 0.4) is 0 Å². The number of hydrogen-bond donors (Lipinski definition) is 2. The van der Waals surface area contributed by atoms with Crippen molar-refractivity contribution in [3.8, 4) is 12.3 Å². The second kappa shape index (κ2) is 6.05. The van der Waals surface area contributed by atoms with E-state index < -0.39 is 0 Å². The molecule has 0 heterocycles. The molecule has 2 heteroatoms. The van der Waals surface area contributed by atoms with Gasteiger partial charge in [-0.3, -0.25) is 0 Å². The van der Waals surface area contributed by atoms with Crippen molar-refractivity contribution in [2.75, 3.05) is 13.2 Å². The highest BCUT2D eigenvalue weighted by atomic mass is 16.3. The minimum atomic E-state index is 0.0311. The maximum atomic E-state index is 8.73. The lowest BCUT2D eigenvalue weighted by atomic mass is 10.0. The van der Waals surface area contributed by atoms with Gasteiger partial charge in [-0.05, 0) is 33.2 Å². The maximum Gasteiger partial charge on any atom is 0.0448 e. The largest absolute Gasteiger partial charge is 0.396 e. The van der Waals surface area contributed by atoms with Crippen molar-refractivity contribution in [1.29, 1.82) is 0 Å². The Morgan fingerprint density at radius 3 is 2.67 bits per heavy atom. The van der Waals surface area contributed by atoms with Gasteiger partial charge >= 0.3 is 0 Å². The van der Waals surface area contributed by atoms with Crippen LogP contribution in [0.5, 0.6) is 0 Å². The van der Waals surface area contributed by atoms with E-state index in [1.807, 2.05) is 0 Å². The van der Waals surface area contributed by atoms with Gasteiger partial charge in [-0.15, -0.1) is 12.3 Å². The summed E-state index contributed by atoms with van der Waals surface area (Å²) in [5, 5.41) is 12.1. The van der Waals surface area contributed by atoms with Crippen LogP contribution in [0.1, 0.15) is 33.1 Å². The van der Waals surface area contributed by atoms with Gasteiger partial charge in [0.1, 0.15) is 0 Å². The molecule has 0 amide bonds. The molecule has 12 heavy (non-hydrogen) atoms. The van der Waals surface area contributed by atoms with E-state index in [4.69, 9.17) is 11.5 Å². The first-order chi connectivity index (χ1) is 5.62. The van der Waals surface area contributed by atoms with E-state index in [0.29, 0.717) is 0 Å². The van der Waals surface area contributed by atoms with Gasteiger partial charge in [0.15, 0.2) is 0 Å². The second-order valence-electron chi connectivity index (χ2n) is 3.59. The van der Waals surface area contributed by atoms with E-state index in [9.17, 15) is 0 Å². The fourth-order valence-electron chi connectivity index (χ4n) is 0.985. The monoisotopic (exact) mass is 169 g/mol. The number of aliphatic hydroxyl groups excluding tert-OH is 1. The van der Waals surface area contributed by atoms with Gasteiger partial charge in [0.25, 0.3) is 0 Å². The molecule has 0 spiro atoms. The standard InChI is InChI=1S/C10H19NO/c1-4-5-6-8-11-10(2,3)7-9-12/h1,11-12H,5-9H2,2-3H3. The highest BCUT2D eigenvalue weighted by molar-refractivity contribution is 4.84. The van der Waals surface area contributed by atoms with Crippen molar-refractivity contribution in [2.24, 2.45) is 0 Å². The predicted octanol–water partition coefficient (Wildman–Crippen LogP) is 1.15. The number of rotatable bonds is 6. The van der Waals surface area contributed by atoms with E-state index in [1.165, 1.54) is 0 Å². The molecular weight excluding hydrogens is 150 g/mol. The zero-order valence-corrected chi connectivity index (χ0v) is 8.06. The fourth-order valence-corrected chi connectivity index (χ4v) is 0.985. The molecule has 0 fully saturated rings. The van der Waals surface area contributed by atoms with Crippen molar-refractivity contribution >= 4 is 0 Å². The molecule has 0 aromatic carbocycles. The molecule has 0 aliphatic rings. The van der Waals surface area contributed by atoms with E-state index >= 15 is 0 Å². The molecule has 0 radical (unpaired) electrons. The van der Waals surface area contributed by atoms with E-state index in [2.05, 4.69) is 25.1 Å². The molecule has 0 aliphatic heterocycles. The average Bonchev–Trinajstić information content (AvgIpc) is 1.98. The van der Waals surface area contributed by atoms with E-state index in [1.54, 1.807) is 0 Å². The summed E-state index contributed by atoms with van der Waals surface area (Å²) in [6.45, 7) is 5.32. The molecule has 70 valence electrons. The molecule has 0 aromatic rings. The van der Waals surface area contributed by atoms with Crippen molar-refractivity contribution in [3.63, 3.8) is 0 Å². The Labute approximate surface area is 75.4 Å². The summed E-state index contributed by atoms with van der Waals surface area (Å²) in [6.07, 6.45) is 7.73. The third-order valence-electron chi connectivity index (χ3n) is 1.84. The van der Waals surface area contributed by atoms with Crippen molar-refractivity contribution in [2.45, 2.75) is 38.6 Å². The Hall–Kier alpha value is -0.520. The smallest absolute Gasteiger partial charge is 0.0448 e. The Kier molecular flexibility index (Phi) is 5.79. The van der Waals surface area contributed by atoms with Gasteiger partial charge in [0, 0.05) is 18.6 Å². The predicted molar refractivity (Wildman–Crippen MR) is 51.9 cm³/mol. The lowest BCUT2D eigenvalue weighted by molar-refractivity contribution is 0.231. The summed E-state index contributed by atoms with van der Waals surface area (Å²) in [5.41, 5.74) is 0.0311. The summed E-state index contributed by atoms with van der Waals surface area (Å²) in [4.78, 5) is 0. The highest BCUT2D eigenvalue weighted by Crippen LogP contribution is 2.06. The molecule has 2 nitrogen and oxygen atoms in total. The first kappa shape index (κ1) is 11.5. The molecule has 0 saturated carbocycles. The first-order valence-corrected chi connectivity index (χ1v) is 4.42. The van der Waals surface area contributed by atoms with Crippen LogP contribution in [-0.4, -0.2) is 23.8 Å². The fraction of sp³-hybridized carbons (Fsp3) is 0.800. The number of terminal acetylenes is 1. The Morgan fingerprint density at radius 2 is 2.17 bits per heavy atom. The molecule has 0 aliphatic carbocycles. The van der Waals surface area contributed by atoms with Crippen LogP contribution >= 0.6 is 0 Å². The topological polar surface area (TPSA) is 32.3 Å². The zero-order chi connectivity index (χ0) is 9.45. The van der Waals surface area contributed by atoms with Crippen LogP contribution in [0.4, 0.5) is 0 Å². The third kappa shape index (κ3) is 6.21. The minimum Gasteiger partial charge on any atom is -0.396 e. The third-order valence-corrected chi connectivity index (χ3v) is 1.84. The van der Waals surface area contributed by atoms with Crippen LogP contribution in [0, 0.1) is 12.3 Å². The number of hydrogen-bond acceptors (Lipinski definition) is 2. The maximum absolute atomic E-state index is 8.73. The molecule has 0 saturated heterocycles. The van der Waals surface area contributed by atoms with Gasteiger partial charge in [-0.25, -0.2) is 0 Å². The number of unbranched alkanes of at least 4 members (excludes halogenated alkanes) is 1. The van der Waals surface area contributed by atoms with Crippen LogP contribution < -0.4 is 5.32 Å². The summed E-state index contributed by atoms with van der Waals surface area (Å²) >= 11 is 0. The van der Waals surface area contributed by atoms with Crippen LogP contribution in [0.25, 0.3) is 0 Å². The molecule has 0 rings (SSSR count). The van der Waals surface area contributed by atoms with Gasteiger partial charge in [-0.1, -0.05) is 0 Å². The van der Waals surface area contributed by atoms with Gasteiger partial charge in [0.05, 0.1) is 0 Å². The number of nitrogens with one attached hydrogen (secondary N) is 1. The molecule has 0 unspecified atom stereocenters. The lowest BCUT2D eigenvalue weighted by Crippen LogP contribution is -2.40. The molecular formula is C10H19NO. The van der Waals surface area contributed by atoms with Crippen molar-refractivity contribution < 1.29 is 5.11 Å². The molecule has 0 aromatic heterocycles. The average molecular weight is 169 g/mol. The normalized spacial score (nSPS) is 11.2. The Morgan fingerprint density at radius 1 is 1.50 bits per heavy atom. The zero-order valence-electron chi connectivity index (χ0n) is 8.06. The molecule has 0 bridgehead atoms. The summed E-state index contributed by atoms with van der Waals surface area (Å²) in [6, 6.07) is 0. The Balaban J connectivity index is 3.41. The second-order valence-corrected chi connectivity index (χ2v) is 3.59. The van der Waals surface area contributed by atoms with E-state index in [-0.39, 0.29) is 12.1 Å². The SMILES string of the molecule is C#CCCCNC(C)(C)CCO. The van der Waals surface area contributed by atoms with Gasteiger partial charge in [-0.2, -0.15) is 0 Å². The van der Waals surface area contributed by atoms with Crippen molar-refractivity contribution in [3.05, 3.63) is 0 Å². The number of aliphatic hydroxyl groups is 1. The van der Waals surface area contributed by atoms with Crippen LogP contribution in [0.15, 0.2) is 0 Å². The molecule has 0 atom stereocenters. The summed E-state index contributed by atoms with van der Waals surface area (Å²) in [5.74, 6) is 2.60. The lowest BCUT2D eigenvalue weighted by Gasteiger charge is -2.25.